The Morgan fingerprint density at radius 3 is 2.32 bits per heavy atom. The lowest BCUT2D eigenvalue weighted by Crippen LogP contribution is -2.26. The fourth-order valence-corrected chi connectivity index (χ4v) is 5.32. The highest BCUT2D eigenvalue weighted by molar-refractivity contribution is 7.93. The molecule has 0 spiro atoms. The van der Waals surface area contributed by atoms with Crippen molar-refractivity contribution in [2.24, 2.45) is 0 Å². The Bertz CT molecular complexity index is 1280. The van der Waals surface area contributed by atoms with E-state index in [-0.39, 0.29) is 22.4 Å². The van der Waals surface area contributed by atoms with Gasteiger partial charge < -0.3 is 4.74 Å². The van der Waals surface area contributed by atoms with Crippen LogP contribution in [0.25, 0.3) is 0 Å². The fraction of sp³-hybridized carbons (Fsp3) is 0.190. The Morgan fingerprint density at radius 2 is 1.61 bits per heavy atom. The van der Waals surface area contributed by atoms with Gasteiger partial charge in [0.05, 0.1) is 21.2 Å². The Morgan fingerprint density at radius 1 is 0.871 bits per heavy atom. The number of nitrogens with zero attached hydrogens (tertiary/aromatic N) is 1. The SMILES string of the molecule is O=S(=O)(Nc1cccc(OCc2ccccn2)c1)c1cccc(S(=O)(=O)NC2CC2)c1. The third-order valence-corrected chi connectivity index (χ3v) is 7.42. The van der Waals surface area contributed by atoms with Gasteiger partial charge in [0.15, 0.2) is 0 Å². The molecule has 0 aliphatic heterocycles. The first-order valence-corrected chi connectivity index (χ1v) is 12.6. The molecule has 2 aromatic carbocycles. The Balaban J connectivity index is 1.49. The largest absolute Gasteiger partial charge is 0.487 e. The summed E-state index contributed by atoms with van der Waals surface area (Å²) in [7, 11) is -7.76. The van der Waals surface area contributed by atoms with Crippen molar-refractivity contribution < 1.29 is 21.6 Å². The molecule has 1 aliphatic carbocycles. The van der Waals surface area contributed by atoms with E-state index in [1.54, 1.807) is 36.5 Å². The molecule has 31 heavy (non-hydrogen) atoms. The highest BCUT2D eigenvalue weighted by atomic mass is 32.2. The predicted octanol–water partition coefficient (Wildman–Crippen LogP) is 2.90. The minimum atomic E-state index is -4.00. The summed E-state index contributed by atoms with van der Waals surface area (Å²) in [6.07, 6.45) is 3.24. The Labute approximate surface area is 181 Å². The summed E-state index contributed by atoms with van der Waals surface area (Å²) >= 11 is 0. The quantitative estimate of drug-likeness (QED) is 0.509. The van der Waals surface area contributed by atoms with Gasteiger partial charge in [0.25, 0.3) is 10.0 Å². The summed E-state index contributed by atoms with van der Waals surface area (Å²) in [5, 5.41) is 0. The van der Waals surface area contributed by atoms with Crippen molar-refractivity contribution in [3.05, 3.63) is 78.6 Å². The summed E-state index contributed by atoms with van der Waals surface area (Å²) in [5.41, 5.74) is 1.04. The van der Waals surface area contributed by atoms with Gasteiger partial charge in [0, 0.05) is 18.3 Å². The molecule has 0 saturated heterocycles. The van der Waals surface area contributed by atoms with E-state index < -0.39 is 20.0 Å². The van der Waals surface area contributed by atoms with E-state index in [1.165, 1.54) is 18.2 Å². The van der Waals surface area contributed by atoms with E-state index in [0.717, 1.165) is 24.6 Å². The van der Waals surface area contributed by atoms with Gasteiger partial charge in [0.1, 0.15) is 12.4 Å². The van der Waals surface area contributed by atoms with E-state index in [0.29, 0.717) is 11.4 Å². The molecular weight excluding hydrogens is 438 g/mol. The molecule has 0 amide bonds. The maximum absolute atomic E-state index is 12.8. The number of hydrogen-bond acceptors (Lipinski definition) is 6. The third kappa shape index (κ3) is 5.60. The van der Waals surface area contributed by atoms with E-state index in [2.05, 4.69) is 14.4 Å². The van der Waals surface area contributed by atoms with E-state index >= 15 is 0 Å². The summed E-state index contributed by atoms with van der Waals surface area (Å²) in [4.78, 5) is 3.94. The zero-order valence-corrected chi connectivity index (χ0v) is 18.1. The first-order valence-electron chi connectivity index (χ1n) is 9.60. The molecule has 1 heterocycles. The highest BCUT2D eigenvalue weighted by Crippen LogP contribution is 2.25. The average Bonchev–Trinajstić information content (AvgIpc) is 3.56. The van der Waals surface area contributed by atoms with Crippen molar-refractivity contribution in [3.63, 3.8) is 0 Å². The molecule has 2 N–H and O–H groups in total. The van der Waals surface area contributed by atoms with Gasteiger partial charge >= 0.3 is 0 Å². The van der Waals surface area contributed by atoms with Crippen molar-refractivity contribution in [3.8, 4) is 5.75 Å². The molecule has 0 unspecified atom stereocenters. The van der Waals surface area contributed by atoms with Crippen LogP contribution in [0.1, 0.15) is 18.5 Å². The number of ether oxygens (including phenoxy) is 1. The maximum atomic E-state index is 12.8. The van der Waals surface area contributed by atoms with Gasteiger partial charge in [-0.25, -0.2) is 21.6 Å². The van der Waals surface area contributed by atoms with Crippen LogP contribution in [0.4, 0.5) is 5.69 Å². The topological polar surface area (TPSA) is 114 Å². The molecule has 4 rings (SSSR count). The molecule has 10 heteroatoms. The van der Waals surface area contributed by atoms with Gasteiger partial charge in [0.2, 0.25) is 10.0 Å². The molecule has 3 aromatic rings. The normalized spacial score (nSPS) is 14.2. The summed E-state index contributed by atoms with van der Waals surface area (Å²) in [6.45, 7) is 0.241. The number of pyridine rings is 1. The van der Waals surface area contributed by atoms with Crippen LogP contribution in [-0.4, -0.2) is 27.9 Å². The standard InChI is InChI=1S/C21H21N3O5S2/c25-30(26,23-16-10-11-16)20-8-4-9-21(14-20)31(27,28)24-17-6-3-7-19(13-17)29-15-18-5-1-2-12-22-18/h1-9,12-14,16,23-24H,10-11,15H2. The summed E-state index contributed by atoms with van der Waals surface area (Å²) < 4.78 is 61.2. The number of sulfonamides is 2. The van der Waals surface area contributed by atoms with E-state index in [9.17, 15) is 16.8 Å². The minimum Gasteiger partial charge on any atom is -0.487 e. The van der Waals surface area contributed by atoms with Crippen molar-refractivity contribution >= 4 is 25.7 Å². The highest BCUT2D eigenvalue weighted by Gasteiger charge is 2.28. The van der Waals surface area contributed by atoms with Crippen LogP contribution in [0.15, 0.2) is 82.7 Å². The summed E-state index contributed by atoms with van der Waals surface area (Å²) in [6, 6.07) is 17.2. The number of aromatic nitrogens is 1. The molecule has 1 aliphatic rings. The van der Waals surface area contributed by atoms with Crippen molar-refractivity contribution in [2.75, 3.05) is 4.72 Å². The van der Waals surface area contributed by atoms with Gasteiger partial charge in [-0.15, -0.1) is 0 Å². The molecular formula is C21H21N3O5S2. The van der Waals surface area contributed by atoms with Crippen LogP contribution < -0.4 is 14.2 Å². The summed E-state index contributed by atoms with van der Waals surface area (Å²) in [5.74, 6) is 0.468. The lowest BCUT2D eigenvalue weighted by molar-refractivity contribution is 0.301. The lowest BCUT2D eigenvalue weighted by Gasteiger charge is -2.12. The van der Waals surface area contributed by atoms with Gasteiger partial charge in [-0.1, -0.05) is 18.2 Å². The van der Waals surface area contributed by atoms with Gasteiger partial charge in [-0.05, 0) is 55.3 Å². The Hall–Kier alpha value is -2.95. The smallest absolute Gasteiger partial charge is 0.261 e. The second-order valence-corrected chi connectivity index (χ2v) is 10.5. The number of nitrogens with one attached hydrogen (secondary N) is 2. The van der Waals surface area contributed by atoms with Crippen LogP contribution in [0.5, 0.6) is 5.75 Å². The molecule has 0 bridgehead atoms. The monoisotopic (exact) mass is 459 g/mol. The zero-order valence-electron chi connectivity index (χ0n) is 16.4. The molecule has 0 radical (unpaired) electrons. The second-order valence-electron chi connectivity index (χ2n) is 7.11. The number of benzene rings is 2. The van der Waals surface area contributed by atoms with Gasteiger partial charge in [-0.2, -0.15) is 0 Å². The van der Waals surface area contributed by atoms with E-state index in [4.69, 9.17) is 4.74 Å². The number of hydrogen-bond donors (Lipinski definition) is 2. The van der Waals surface area contributed by atoms with Crippen LogP contribution >= 0.6 is 0 Å². The number of anilines is 1. The Kier molecular flexibility index (Phi) is 5.94. The van der Waals surface area contributed by atoms with Crippen molar-refractivity contribution in [1.29, 1.82) is 0 Å². The molecule has 8 nitrogen and oxygen atoms in total. The average molecular weight is 460 g/mol. The molecule has 1 fully saturated rings. The van der Waals surface area contributed by atoms with Crippen molar-refractivity contribution in [2.45, 2.75) is 35.3 Å². The van der Waals surface area contributed by atoms with Crippen LogP contribution in [0.3, 0.4) is 0 Å². The fourth-order valence-electron chi connectivity index (χ4n) is 2.80. The maximum Gasteiger partial charge on any atom is 0.261 e. The minimum absolute atomic E-state index is 0.0720. The zero-order chi connectivity index (χ0) is 21.9. The van der Waals surface area contributed by atoms with Crippen LogP contribution in [0.2, 0.25) is 0 Å². The van der Waals surface area contributed by atoms with Crippen LogP contribution in [-0.2, 0) is 26.7 Å². The van der Waals surface area contributed by atoms with E-state index in [1.807, 2.05) is 12.1 Å². The molecule has 1 saturated carbocycles. The second kappa shape index (κ2) is 8.66. The number of rotatable bonds is 9. The first kappa shape index (κ1) is 21.3. The predicted molar refractivity (Wildman–Crippen MR) is 116 cm³/mol. The lowest BCUT2D eigenvalue weighted by atomic mass is 10.3. The first-order chi connectivity index (χ1) is 14.8. The molecule has 0 atom stereocenters. The van der Waals surface area contributed by atoms with Crippen LogP contribution in [0, 0.1) is 0 Å². The van der Waals surface area contributed by atoms with Gasteiger partial charge in [-0.3, -0.25) is 9.71 Å². The molecule has 1 aromatic heterocycles. The molecule has 162 valence electrons. The third-order valence-electron chi connectivity index (χ3n) is 4.52. The van der Waals surface area contributed by atoms with Crippen molar-refractivity contribution in [1.82, 2.24) is 9.71 Å².